The largest absolute Gasteiger partial charge is 0.477 e. The summed E-state index contributed by atoms with van der Waals surface area (Å²) in [4.78, 5) is 42.3. The lowest BCUT2D eigenvalue weighted by atomic mass is 9.94. The van der Waals surface area contributed by atoms with E-state index in [9.17, 15) is 23.9 Å². The molecule has 4 rings (SSSR count). The zero-order valence-electron chi connectivity index (χ0n) is 19.8. The Morgan fingerprint density at radius 1 is 1.24 bits per heavy atom. The maximum absolute atomic E-state index is 14.7. The normalized spacial score (nSPS) is 17.1. The van der Waals surface area contributed by atoms with Gasteiger partial charge in [-0.25, -0.2) is 19.0 Å². The molecular weight excluding hydrogens is 443 g/mol. The second-order valence-corrected chi connectivity index (χ2v) is 10.1. The number of carbonyl (C=O) groups excluding carboxylic acids is 1. The summed E-state index contributed by atoms with van der Waals surface area (Å²) in [6, 6.07) is 1.15. The Kier molecular flexibility index (Phi) is 6.51. The minimum atomic E-state index is -1.33. The average molecular weight is 475 g/mol. The highest BCUT2D eigenvalue weighted by atomic mass is 19.1. The van der Waals surface area contributed by atoms with Gasteiger partial charge in [-0.1, -0.05) is 0 Å². The fraction of sp³-hybridized carbons (Fsp3) is 0.583. The van der Waals surface area contributed by atoms with E-state index in [4.69, 9.17) is 4.74 Å². The predicted octanol–water partition coefficient (Wildman–Crippen LogP) is 4.02. The van der Waals surface area contributed by atoms with E-state index < -0.39 is 22.8 Å². The summed E-state index contributed by atoms with van der Waals surface area (Å²) in [5.41, 5.74) is -1.32. The molecule has 10 heteroatoms. The minimum Gasteiger partial charge on any atom is -0.477 e. The Bertz CT molecular complexity index is 1160. The van der Waals surface area contributed by atoms with E-state index >= 15 is 0 Å². The molecule has 9 nitrogen and oxygen atoms in total. The Labute approximate surface area is 196 Å². The molecule has 0 radical (unpaired) electrons. The van der Waals surface area contributed by atoms with Gasteiger partial charge >= 0.3 is 12.1 Å². The van der Waals surface area contributed by atoms with Crippen LogP contribution in [0.5, 0.6) is 0 Å². The Hall–Kier alpha value is -3.17. The van der Waals surface area contributed by atoms with Crippen LogP contribution >= 0.6 is 0 Å². The standard InChI is InChI=1S/C24H31FN4O5/c1-24(2,3)34-23(33)28-10-7-14(8-11-28)6-9-26-20-18(25)12-16-19(30)17(22(31)32)13-29(15-4-5-15)21(16)27-20/h12-15H,4-11H2,1-3H3,(H,26,27)(H,31,32). The number of fused-ring (bicyclic) bond motifs is 1. The zero-order chi connectivity index (χ0) is 24.6. The first-order chi connectivity index (χ1) is 16.0. The van der Waals surface area contributed by atoms with Crippen molar-refractivity contribution in [1.82, 2.24) is 14.5 Å². The number of hydrogen-bond donors (Lipinski definition) is 2. The number of nitrogens with one attached hydrogen (secondary N) is 1. The first kappa shape index (κ1) is 24.0. The molecule has 2 aromatic rings. The number of aromatic carboxylic acids is 1. The van der Waals surface area contributed by atoms with Crippen molar-refractivity contribution in [3.8, 4) is 0 Å². The van der Waals surface area contributed by atoms with Gasteiger partial charge < -0.3 is 24.6 Å². The van der Waals surface area contributed by atoms with Crippen LogP contribution in [0.1, 0.15) is 69.3 Å². The number of rotatable bonds is 6. The van der Waals surface area contributed by atoms with Crippen molar-refractivity contribution in [3.05, 3.63) is 33.9 Å². The van der Waals surface area contributed by atoms with Crippen molar-refractivity contribution in [2.45, 2.75) is 64.5 Å². The van der Waals surface area contributed by atoms with Crippen LogP contribution in [0.25, 0.3) is 11.0 Å². The summed E-state index contributed by atoms with van der Waals surface area (Å²) in [5, 5.41) is 12.4. The van der Waals surface area contributed by atoms with Crippen LogP contribution in [0.15, 0.2) is 17.1 Å². The van der Waals surface area contributed by atoms with Gasteiger partial charge in [-0.2, -0.15) is 0 Å². The first-order valence-electron chi connectivity index (χ1n) is 11.7. The smallest absolute Gasteiger partial charge is 0.410 e. The van der Waals surface area contributed by atoms with Crippen molar-refractivity contribution in [1.29, 1.82) is 0 Å². The zero-order valence-corrected chi connectivity index (χ0v) is 19.8. The van der Waals surface area contributed by atoms with E-state index in [1.54, 1.807) is 9.47 Å². The third-order valence-corrected chi connectivity index (χ3v) is 6.24. The highest BCUT2D eigenvalue weighted by Crippen LogP contribution is 2.37. The number of anilines is 1. The summed E-state index contributed by atoms with van der Waals surface area (Å²) >= 11 is 0. The number of halogens is 1. The first-order valence-corrected chi connectivity index (χ1v) is 11.7. The Morgan fingerprint density at radius 2 is 1.91 bits per heavy atom. The van der Waals surface area contributed by atoms with Crippen LogP contribution < -0.4 is 10.7 Å². The van der Waals surface area contributed by atoms with Crippen molar-refractivity contribution < 1.29 is 23.8 Å². The number of likely N-dealkylation sites (tertiary alicyclic amines) is 1. The number of carboxylic acids is 1. The van der Waals surface area contributed by atoms with E-state index in [-0.39, 0.29) is 28.9 Å². The number of carbonyl (C=O) groups is 2. The molecule has 0 unspecified atom stereocenters. The second kappa shape index (κ2) is 9.23. The molecule has 1 saturated carbocycles. The van der Waals surface area contributed by atoms with E-state index in [2.05, 4.69) is 10.3 Å². The number of aromatic nitrogens is 2. The van der Waals surface area contributed by atoms with Crippen LogP contribution in [0.2, 0.25) is 0 Å². The van der Waals surface area contributed by atoms with E-state index in [0.717, 1.165) is 38.2 Å². The van der Waals surface area contributed by atoms with E-state index in [0.29, 0.717) is 31.2 Å². The topological polar surface area (TPSA) is 114 Å². The molecule has 2 N–H and O–H groups in total. The highest BCUT2D eigenvalue weighted by Gasteiger charge is 2.29. The van der Waals surface area contributed by atoms with Crippen molar-refractivity contribution in [2.75, 3.05) is 25.0 Å². The molecule has 2 fully saturated rings. The minimum absolute atomic E-state index is 0.0237. The Morgan fingerprint density at radius 3 is 2.50 bits per heavy atom. The van der Waals surface area contributed by atoms with Crippen LogP contribution in [0, 0.1) is 11.7 Å². The van der Waals surface area contributed by atoms with E-state index in [1.807, 2.05) is 20.8 Å². The molecule has 34 heavy (non-hydrogen) atoms. The molecule has 0 spiro atoms. The van der Waals surface area contributed by atoms with Crippen LogP contribution in [0.4, 0.5) is 15.0 Å². The molecule has 0 bridgehead atoms. The lowest BCUT2D eigenvalue weighted by Gasteiger charge is -2.33. The summed E-state index contributed by atoms with van der Waals surface area (Å²) in [6.07, 6.45) is 5.22. The average Bonchev–Trinajstić information content (AvgIpc) is 3.59. The van der Waals surface area contributed by atoms with Crippen molar-refractivity contribution >= 4 is 28.9 Å². The number of piperidine rings is 1. The Balaban J connectivity index is 1.40. The van der Waals surface area contributed by atoms with Gasteiger partial charge in [0.1, 0.15) is 16.8 Å². The molecule has 184 valence electrons. The number of hydrogen-bond acceptors (Lipinski definition) is 6. The fourth-order valence-corrected chi connectivity index (χ4v) is 4.28. The van der Waals surface area contributed by atoms with E-state index in [1.165, 1.54) is 6.20 Å². The second-order valence-electron chi connectivity index (χ2n) is 10.1. The summed E-state index contributed by atoms with van der Waals surface area (Å²) in [7, 11) is 0. The SMILES string of the molecule is CC(C)(C)OC(=O)N1CCC(CCNc2nc3c(cc2F)c(=O)c(C(=O)O)cn3C2CC2)CC1. The van der Waals surface area contributed by atoms with Crippen molar-refractivity contribution in [3.63, 3.8) is 0 Å². The monoisotopic (exact) mass is 474 g/mol. The molecule has 1 aliphatic heterocycles. The molecule has 2 aromatic heterocycles. The van der Waals surface area contributed by atoms with Crippen LogP contribution in [-0.2, 0) is 4.74 Å². The van der Waals surface area contributed by atoms with Gasteiger partial charge in [0.25, 0.3) is 0 Å². The molecule has 2 aliphatic rings. The highest BCUT2D eigenvalue weighted by molar-refractivity contribution is 5.92. The molecular formula is C24H31FN4O5. The predicted molar refractivity (Wildman–Crippen MR) is 125 cm³/mol. The molecule has 0 atom stereocenters. The summed E-state index contributed by atoms with van der Waals surface area (Å²) in [5.74, 6) is -1.58. The lowest BCUT2D eigenvalue weighted by molar-refractivity contribution is 0.0182. The van der Waals surface area contributed by atoms with Gasteiger partial charge in [0.05, 0.1) is 5.39 Å². The van der Waals surface area contributed by atoms with Crippen LogP contribution in [0.3, 0.4) is 0 Å². The fourth-order valence-electron chi connectivity index (χ4n) is 4.28. The quantitative estimate of drug-likeness (QED) is 0.650. The van der Waals surface area contributed by atoms with Gasteiger partial charge in [0.2, 0.25) is 5.43 Å². The van der Waals surface area contributed by atoms with Gasteiger partial charge in [-0.05, 0) is 64.9 Å². The van der Waals surface area contributed by atoms with Gasteiger partial charge in [0.15, 0.2) is 11.6 Å². The number of carboxylic acid groups (broad SMARTS) is 1. The van der Waals surface area contributed by atoms with Crippen LogP contribution in [-0.4, -0.2) is 56.9 Å². The van der Waals surface area contributed by atoms with Crippen molar-refractivity contribution in [2.24, 2.45) is 5.92 Å². The van der Waals surface area contributed by atoms with Gasteiger partial charge in [-0.3, -0.25) is 4.79 Å². The summed E-state index contributed by atoms with van der Waals surface area (Å²) in [6.45, 7) is 7.28. The molecule has 1 saturated heterocycles. The molecule has 1 amide bonds. The van der Waals surface area contributed by atoms with Gasteiger partial charge in [0, 0.05) is 31.9 Å². The molecule has 1 aliphatic carbocycles. The number of nitrogens with zero attached hydrogens (tertiary/aromatic N) is 3. The lowest BCUT2D eigenvalue weighted by Crippen LogP contribution is -2.41. The summed E-state index contributed by atoms with van der Waals surface area (Å²) < 4.78 is 21.8. The maximum atomic E-state index is 14.7. The third-order valence-electron chi connectivity index (χ3n) is 6.24. The molecule has 3 heterocycles. The maximum Gasteiger partial charge on any atom is 0.410 e. The number of ether oxygens (including phenoxy) is 1. The van der Waals surface area contributed by atoms with Gasteiger partial charge in [-0.15, -0.1) is 0 Å². The number of amides is 1. The number of pyridine rings is 2. The molecule has 0 aromatic carbocycles. The third kappa shape index (κ3) is 5.31.